The maximum absolute atomic E-state index is 12.0. The summed E-state index contributed by atoms with van der Waals surface area (Å²) in [6.07, 6.45) is 0.384. The Labute approximate surface area is 104 Å². The maximum atomic E-state index is 12.0. The Balaban J connectivity index is 3.22. The first-order valence-electron chi connectivity index (χ1n) is 5.31. The lowest BCUT2D eigenvalue weighted by Gasteiger charge is -2.09. The highest BCUT2D eigenvalue weighted by molar-refractivity contribution is 6.01. The molecule has 0 aliphatic heterocycles. The van der Waals surface area contributed by atoms with Crippen LogP contribution in [0.4, 0.5) is 5.69 Å². The zero-order chi connectivity index (χ0) is 13.7. The molecular weight excluding hydrogens is 236 g/mol. The first-order valence-corrected chi connectivity index (χ1v) is 5.31. The molecule has 0 saturated heterocycles. The number of rotatable bonds is 5. The molecule has 1 aromatic carbocycles. The van der Waals surface area contributed by atoms with Gasteiger partial charge in [-0.1, -0.05) is 6.92 Å². The van der Waals surface area contributed by atoms with Crippen molar-refractivity contribution in [3.63, 3.8) is 0 Å². The number of hydrogen-bond acceptors (Lipinski definition) is 5. The normalized spacial score (nSPS) is 11.4. The monoisotopic (exact) mass is 248 g/mol. The molecule has 18 heavy (non-hydrogen) atoms. The molecule has 0 radical (unpaired) electrons. The number of hydrogen-bond donors (Lipinski definition) is 0. The van der Waals surface area contributed by atoms with Gasteiger partial charge in [-0.05, 0) is 12.5 Å². The smallest absolute Gasteiger partial charge is 0.273 e. The molecule has 1 aromatic rings. The van der Waals surface area contributed by atoms with Gasteiger partial charge in [0.15, 0.2) is 5.78 Å². The zero-order valence-electron chi connectivity index (χ0n) is 10.0. The van der Waals surface area contributed by atoms with E-state index < -0.39 is 10.8 Å². The third kappa shape index (κ3) is 2.63. The van der Waals surface area contributed by atoms with Crippen LogP contribution < -0.4 is 4.74 Å². The fourth-order valence-electron chi connectivity index (χ4n) is 1.52. The fraction of sp³-hybridized carbons (Fsp3) is 0.333. The third-order valence-electron chi connectivity index (χ3n) is 2.54. The van der Waals surface area contributed by atoms with Crippen molar-refractivity contribution in [3.8, 4) is 11.8 Å². The summed E-state index contributed by atoms with van der Waals surface area (Å²) >= 11 is 0. The van der Waals surface area contributed by atoms with E-state index in [1.807, 2.05) is 6.07 Å². The van der Waals surface area contributed by atoms with Gasteiger partial charge < -0.3 is 4.74 Å². The van der Waals surface area contributed by atoms with E-state index in [4.69, 9.17) is 10.00 Å². The van der Waals surface area contributed by atoms with Gasteiger partial charge >= 0.3 is 0 Å². The molecule has 6 heteroatoms. The van der Waals surface area contributed by atoms with Gasteiger partial charge in [-0.25, -0.2) is 0 Å². The first kappa shape index (κ1) is 13.6. The fourth-order valence-corrected chi connectivity index (χ4v) is 1.52. The summed E-state index contributed by atoms with van der Waals surface area (Å²) < 4.78 is 4.96. The van der Waals surface area contributed by atoms with Crippen molar-refractivity contribution in [2.75, 3.05) is 7.11 Å². The number of nitro groups is 1. The van der Waals surface area contributed by atoms with Gasteiger partial charge in [-0.2, -0.15) is 5.26 Å². The summed E-state index contributed by atoms with van der Waals surface area (Å²) in [7, 11) is 1.32. The van der Waals surface area contributed by atoms with Crippen molar-refractivity contribution >= 4 is 11.5 Å². The minimum atomic E-state index is -0.764. The molecule has 0 aliphatic carbocycles. The summed E-state index contributed by atoms with van der Waals surface area (Å²) in [5.74, 6) is -1.03. The molecule has 0 bridgehead atoms. The Morgan fingerprint density at radius 1 is 1.61 bits per heavy atom. The highest BCUT2D eigenvalue weighted by Gasteiger charge is 2.23. The van der Waals surface area contributed by atoms with Crippen LogP contribution in [0, 0.1) is 27.4 Å². The molecule has 0 saturated carbocycles. The molecule has 0 aromatic heterocycles. The van der Waals surface area contributed by atoms with Crippen LogP contribution in [0.1, 0.15) is 23.7 Å². The van der Waals surface area contributed by atoms with Gasteiger partial charge in [0.1, 0.15) is 11.7 Å². The van der Waals surface area contributed by atoms with Crippen LogP contribution in [-0.4, -0.2) is 17.8 Å². The van der Waals surface area contributed by atoms with Crippen molar-refractivity contribution in [1.29, 1.82) is 5.26 Å². The van der Waals surface area contributed by atoms with Gasteiger partial charge in [0.25, 0.3) is 5.69 Å². The van der Waals surface area contributed by atoms with Crippen molar-refractivity contribution in [1.82, 2.24) is 0 Å². The van der Waals surface area contributed by atoms with Gasteiger partial charge in [0, 0.05) is 6.07 Å². The molecule has 0 fully saturated rings. The number of benzene rings is 1. The van der Waals surface area contributed by atoms with Crippen LogP contribution in [-0.2, 0) is 0 Å². The van der Waals surface area contributed by atoms with E-state index in [-0.39, 0.29) is 22.8 Å². The van der Waals surface area contributed by atoms with E-state index in [9.17, 15) is 14.9 Å². The summed E-state index contributed by atoms with van der Waals surface area (Å²) in [5, 5.41) is 19.5. The van der Waals surface area contributed by atoms with Gasteiger partial charge in [0.2, 0.25) is 0 Å². The van der Waals surface area contributed by atoms with E-state index in [0.717, 1.165) is 0 Å². The number of carbonyl (C=O) groups excluding carboxylic acids is 1. The number of nitriles is 1. The topological polar surface area (TPSA) is 93.2 Å². The van der Waals surface area contributed by atoms with Crippen LogP contribution in [0.5, 0.6) is 5.75 Å². The Bertz CT molecular complexity index is 519. The number of carbonyl (C=O) groups is 1. The molecule has 0 amide bonds. The molecule has 0 aliphatic rings. The van der Waals surface area contributed by atoms with Crippen LogP contribution in [0.2, 0.25) is 0 Å². The number of nitro benzene ring substituents is 1. The van der Waals surface area contributed by atoms with E-state index in [2.05, 4.69) is 0 Å². The Hall–Kier alpha value is -2.42. The van der Waals surface area contributed by atoms with E-state index in [0.29, 0.717) is 6.42 Å². The van der Waals surface area contributed by atoms with Crippen LogP contribution >= 0.6 is 0 Å². The molecular formula is C12H12N2O4. The van der Waals surface area contributed by atoms with Crippen molar-refractivity contribution in [2.24, 2.45) is 5.92 Å². The molecule has 94 valence electrons. The molecule has 1 atom stereocenters. The SMILES string of the molecule is CCC(C#N)C(=O)c1ccc([N+](=O)[O-])cc1OC. The molecule has 0 N–H and O–H groups in total. The van der Waals surface area contributed by atoms with E-state index >= 15 is 0 Å². The number of Topliss-reactive ketones (excluding diaryl/α,β-unsaturated/α-hetero) is 1. The molecule has 0 spiro atoms. The Kier molecular flexibility index (Phi) is 4.38. The lowest BCUT2D eigenvalue weighted by Crippen LogP contribution is -2.13. The van der Waals surface area contributed by atoms with Crippen molar-refractivity contribution in [2.45, 2.75) is 13.3 Å². The number of ketones is 1. The lowest BCUT2D eigenvalue weighted by molar-refractivity contribution is -0.384. The van der Waals surface area contributed by atoms with Crippen LogP contribution in [0.15, 0.2) is 18.2 Å². The summed E-state index contributed by atoms with van der Waals surface area (Å²) in [6.45, 7) is 1.73. The second kappa shape index (κ2) is 5.77. The molecule has 1 unspecified atom stereocenters. The molecule has 6 nitrogen and oxygen atoms in total. The number of ether oxygens (including phenoxy) is 1. The number of methoxy groups -OCH3 is 1. The van der Waals surface area contributed by atoms with Gasteiger partial charge in [0.05, 0.1) is 29.7 Å². The van der Waals surface area contributed by atoms with Crippen molar-refractivity contribution in [3.05, 3.63) is 33.9 Å². The van der Waals surface area contributed by atoms with Crippen LogP contribution in [0.25, 0.3) is 0 Å². The third-order valence-corrected chi connectivity index (χ3v) is 2.54. The standard InChI is InChI=1S/C12H12N2O4/c1-3-8(7-13)12(15)10-5-4-9(14(16)17)6-11(10)18-2/h4-6,8H,3H2,1-2H3. The molecule has 1 rings (SSSR count). The highest BCUT2D eigenvalue weighted by atomic mass is 16.6. The minimum Gasteiger partial charge on any atom is -0.496 e. The average molecular weight is 248 g/mol. The maximum Gasteiger partial charge on any atom is 0.273 e. The molecule has 0 heterocycles. The first-order chi connectivity index (χ1) is 8.54. The van der Waals surface area contributed by atoms with Crippen molar-refractivity contribution < 1.29 is 14.5 Å². The van der Waals surface area contributed by atoms with Crippen LogP contribution in [0.3, 0.4) is 0 Å². The zero-order valence-corrected chi connectivity index (χ0v) is 10.0. The predicted molar refractivity (Wildman–Crippen MR) is 63.4 cm³/mol. The summed E-state index contributed by atoms with van der Waals surface area (Å²) in [5.41, 5.74) is 0.0323. The summed E-state index contributed by atoms with van der Waals surface area (Å²) in [4.78, 5) is 22.0. The number of non-ortho nitro benzene ring substituents is 1. The van der Waals surface area contributed by atoms with Gasteiger partial charge in [-0.3, -0.25) is 14.9 Å². The summed E-state index contributed by atoms with van der Waals surface area (Å²) in [6, 6.07) is 5.62. The second-order valence-corrected chi connectivity index (χ2v) is 3.60. The van der Waals surface area contributed by atoms with E-state index in [1.54, 1.807) is 6.92 Å². The Morgan fingerprint density at radius 3 is 2.72 bits per heavy atom. The Morgan fingerprint density at radius 2 is 2.28 bits per heavy atom. The lowest BCUT2D eigenvalue weighted by atomic mass is 9.96. The number of nitrogens with zero attached hydrogens (tertiary/aromatic N) is 2. The second-order valence-electron chi connectivity index (χ2n) is 3.60. The van der Waals surface area contributed by atoms with E-state index in [1.165, 1.54) is 25.3 Å². The van der Waals surface area contributed by atoms with Gasteiger partial charge in [-0.15, -0.1) is 0 Å². The highest BCUT2D eigenvalue weighted by Crippen LogP contribution is 2.27. The largest absolute Gasteiger partial charge is 0.496 e. The average Bonchev–Trinajstić information content (AvgIpc) is 2.39. The predicted octanol–water partition coefficient (Wildman–Crippen LogP) is 2.34. The quantitative estimate of drug-likeness (QED) is 0.453. The minimum absolute atomic E-state index is 0.114.